The summed E-state index contributed by atoms with van der Waals surface area (Å²) in [6.45, 7) is 4.39. The highest BCUT2D eigenvalue weighted by atomic mass is 19.2. The maximum absolute atomic E-state index is 15.2. The van der Waals surface area contributed by atoms with Crippen molar-refractivity contribution >= 4 is 0 Å². The molecule has 0 bridgehead atoms. The Morgan fingerprint density at radius 1 is 0.700 bits per heavy atom. The van der Waals surface area contributed by atoms with Crippen molar-refractivity contribution in [2.45, 2.75) is 148 Å². The van der Waals surface area contributed by atoms with Gasteiger partial charge in [0.25, 0.3) is 0 Å². The topological polar surface area (TPSA) is 0 Å². The number of hydrogen-bond acceptors (Lipinski definition) is 0. The van der Waals surface area contributed by atoms with E-state index >= 15 is 8.78 Å². The van der Waals surface area contributed by atoms with Crippen molar-refractivity contribution in [1.82, 2.24) is 0 Å². The first-order chi connectivity index (χ1) is 19.6. The zero-order chi connectivity index (χ0) is 28.2. The van der Waals surface area contributed by atoms with Gasteiger partial charge in [0.05, 0.1) is 0 Å². The Hall–Kier alpha value is -1.44. The van der Waals surface area contributed by atoms with Crippen molar-refractivity contribution in [3.05, 3.63) is 59.2 Å². The van der Waals surface area contributed by atoms with Crippen LogP contribution in [0.2, 0.25) is 0 Å². The van der Waals surface area contributed by atoms with Gasteiger partial charge in [-0.25, -0.2) is 8.78 Å². The molecule has 3 fully saturated rings. The van der Waals surface area contributed by atoms with E-state index in [0.717, 1.165) is 42.9 Å². The van der Waals surface area contributed by atoms with Gasteiger partial charge in [-0.2, -0.15) is 0 Å². The Morgan fingerprint density at radius 2 is 1.35 bits per heavy atom. The summed E-state index contributed by atoms with van der Waals surface area (Å²) >= 11 is 0. The molecule has 224 valence electrons. The van der Waals surface area contributed by atoms with Gasteiger partial charge < -0.3 is 0 Å². The quantitative estimate of drug-likeness (QED) is 0.169. The van der Waals surface area contributed by atoms with Crippen LogP contribution < -0.4 is 0 Å². The molecular weight excluding hydrogens is 494 g/mol. The van der Waals surface area contributed by atoms with Gasteiger partial charge in [-0.15, -0.1) is 0 Å². The molecule has 40 heavy (non-hydrogen) atoms. The van der Waals surface area contributed by atoms with E-state index in [4.69, 9.17) is 0 Å². The van der Waals surface area contributed by atoms with Gasteiger partial charge in [0.2, 0.25) is 0 Å². The highest BCUT2D eigenvalue weighted by Gasteiger charge is 2.32. The third kappa shape index (κ3) is 9.29. The highest BCUT2D eigenvalue weighted by molar-refractivity contribution is 5.30. The fourth-order valence-electron chi connectivity index (χ4n) is 8.34. The van der Waals surface area contributed by atoms with Crippen LogP contribution in [0.4, 0.5) is 8.78 Å². The predicted molar refractivity (Wildman–Crippen MR) is 168 cm³/mol. The van der Waals surface area contributed by atoms with E-state index < -0.39 is 11.6 Å². The van der Waals surface area contributed by atoms with Crippen molar-refractivity contribution in [2.24, 2.45) is 29.6 Å². The third-order valence-electron chi connectivity index (χ3n) is 11.0. The molecule has 1 aromatic rings. The molecule has 0 nitrogen and oxygen atoms in total. The Bertz CT molecular complexity index is 906. The molecule has 3 aliphatic carbocycles. The fraction of sp³-hybridized carbons (Fsp3) is 0.737. The summed E-state index contributed by atoms with van der Waals surface area (Å²) in [5, 5.41) is 0. The zero-order valence-electron chi connectivity index (χ0n) is 25.8. The molecule has 0 spiro atoms. The fourth-order valence-corrected chi connectivity index (χ4v) is 8.34. The summed E-state index contributed by atoms with van der Waals surface area (Å²) in [7, 11) is 0. The van der Waals surface area contributed by atoms with Crippen molar-refractivity contribution in [3.8, 4) is 0 Å². The number of benzene rings is 1. The lowest BCUT2D eigenvalue weighted by Crippen LogP contribution is -2.25. The first-order valence-corrected chi connectivity index (χ1v) is 17.3. The third-order valence-corrected chi connectivity index (χ3v) is 11.0. The molecule has 0 amide bonds. The molecule has 1 aromatic carbocycles. The Balaban J connectivity index is 1.17. The van der Waals surface area contributed by atoms with Crippen molar-refractivity contribution < 1.29 is 8.78 Å². The summed E-state index contributed by atoms with van der Waals surface area (Å²) in [5.74, 6) is 3.22. The van der Waals surface area contributed by atoms with E-state index in [-0.39, 0.29) is 5.92 Å². The second kappa shape index (κ2) is 16.9. The number of allylic oxidation sites excluding steroid dienone is 4. The molecule has 4 rings (SSSR count). The van der Waals surface area contributed by atoms with Crippen LogP contribution in [-0.4, -0.2) is 0 Å². The van der Waals surface area contributed by atoms with Gasteiger partial charge >= 0.3 is 0 Å². The van der Waals surface area contributed by atoms with Crippen LogP contribution in [0.5, 0.6) is 0 Å². The Morgan fingerprint density at radius 3 is 2.02 bits per heavy atom. The maximum atomic E-state index is 15.2. The molecule has 0 heterocycles. The van der Waals surface area contributed by atoms with Crippen LogP contribution in [0.15, 0.2) is 36.4 Å². The van der Waals surface area contributed by atoms with E-state index in [2.05, 4.69) is 38.2 Å². The minimum absolute atomic E-state index is 0.189. The van der Waals surface area contributed by atoms with Crippen LogP contribution in [0.25, 0.3) is 0 Å². The average Bonchev–Trinajstić information content (AvgIpc) is 2.99. The van der Waals surface area contributed by atoms with Gasteiger partial charge in [0, 0.05) is 0 Å². The van der Waals surface area contributed by atoms with Crippen LogP contribution in [0.3, 0.4) is 0 Å². The number of rotatable bonds is 13. The van der Waals surface area contributed by atoms with Crippen molar-refractivity contribution in [3.63, 3.8) is 0 Å². The van der Waals surface area contributed by atoms with E-state index in [9.17, 15) is 0 Å². The van der Waals surface area contributed by atoms with Crippen molar-refractivity contribution in [2.75, 3.05) is 0 Å². The minimum Gasteiger partial charge on any atom is -0.203 e. The molecule has 0 aliphatic heterocycles. The smallest absolute Gasteiger partial charge is 0.162 e. The standard InChI is InChI=1S/C38H58F2/c1-3-5-7-11-29-15-17-30(18-16-29)13-9-10-14-35-27-28-36(38(40)37(35)39)34-25-23-33(24-26-34)32-21-19-31(20-22-32)12-8-6-4-2/h4,6,9,13,27-34H,3,5,7-8,10-12,14-26H2,1-2H3/b6-4+,13-9+. The molecule has 0 saturated heterocycles. The molecule has 3 aliphatic rings. The summed E-state index contributed by atoms with van der Waals surface area (Å²) < 4.78 is 30.3. The SMILES string of the molecule is C/C=C/CCC1CCC(C2CCC(c3ccc(CC/C=C/C4CCC(CCCCC)CC4)c(F)c3F)CC2)CC1. The second-order valence-electron chi connectivity index (χ2n) is 13.7. The Labute approximate surface area is 245 Å². The molecule has 0 N–H and O–H groups in total. The molecule has 0 atom stereocenters. The maximum Gasteiger partial charge on any atom is 0.162 e. The number of hydrogen-bond donors (Lipinski definition) is 0. The number of unbranched alkanes of at least 4 members (excludes halogenated alkanes) is 2. The number of aryl methyl sites for hydroxylation is 1. The van der Waals surface area contributed by atoms with Crippen molar-refractivity contribution in [1.29, 1.82) is 0 Å². The average molecular weight is 553 g/mol. The highest BCUT2D eigenvalue weighted by Crippen LogP contribution is 2.45. The lowest BCUT2D eigenvalue weighted by Gasteiger charge is -2.38. The summed E-state index contributed by atoms with van der Waals surface area (Å²) in [6, 6.07) is 3.79. The second-order valence-corrected chi connectivity index (χ2v) is 13.7. The first kappa shape index (κ1) is 31.5. The van der Waals surface area contributed by atoms with Crippen LogP contribution in [0, 0.1) is 41.2 Å². The van der Waals surface area contributed by atoms with E-state index in [1.807, 2.05) is 12.1 Å². The largest absolute Gasteiger partial charge is 0.203 e. The molecule has 0 aromatic heterocycles. The monoisotopic (exact) mass is 552 g/mol. The Kier molecular flexibility index (Phi) is 13.3. The van der Waals surface area contributed by atoms with E-state index in [1.54, 1.807) is 0 Å². The predicted octanol–water partition coefficient (Wildman–Crippen LogP) is 12.3. The zero-order valence-corrected chi connectivity index (χ0v) is 25.8. The van der Waals surface area contributed by atoms with Crippen LogP contribution in [0.1, 0.15) is 153 Å². The van der Waals surface area contributed by atoms with Gasteiger partial charge in [-0.05, 0) is 143 Å². The normalized spacial score (nSPS) is 29.9. The van der Waals surface area contributed by atoms with Gasteiger partial charge in [0.15, 0.2) is 11.6 Å². The first-order valence-electron chi connectivity index (χ1n) is 17.3. The lowest BCUT2D eigenvalue weighted by molar-refractivity contribution is 0.156. The van der Waals surface area contributed by atoms with Gasteiger partial charge in [-0.1, -0.05) is 81.9 Å². The molecule has 2 heteroatoms. The number of halogens is 2. The molecular formula is C38H58F2. The summed E-state index contributed by atoms with van der Waals surface area (Å²) in [4.78, 5) is 0. The lowest BCUT2D eigenvalue weighted by atomic mass is 9.68. The summed E-state index contributed by atoms with van der Waals surface area (Å²) in [5.41, 5.74) is 1.18. The molecule has 0 radical (unpaired) electrons. The van der Waals surface area contributed by atoms with Crippen LogP contribution >= 0.6 is 0 Å². The van der Waals surface area contributed by atoms with E-state index in [1.165, 1.54) is 103 Å². The van der Waals surface area contributed by atoms with Gasteiger partial charge in [0.1, 0.15) is 0 Å². The summed E-state index contributed by atoms with van der Waals surface area (Å²) in [6.07, 6.45) is 33.8. The van der Waals surface area contributed by atoms with Gasteiger partial charge in [-0.3, -0.25) is 0 Å². The minimum atomic E-state index is -0.586. The van der Waals surface area contributed by atoms with Crippen LogP contribution in [-0.2, 0) is 6.42 Å². The molecule has 0 unspecified atom stereocenters. The van der Waals surface area contributed by atoms with E-state index in [0.29, 0.717) is 23.5 Å². The molecule has 3 saturated carbocycles.